The summed E-state index contributed by atoms with van der Waals surface area (Å²) >= 11 is 0. The number of carbonyl (C=O) groups is 1. The molecule has 1 saturated heterocycles. The van der Waals surface area contributed by atoms with E-state index in [1.165, 1.54) is 14.1 Å². The van der Waals surface area contributed by atoms with Crippen LogP contribution in [0.2, 0.25) is 0 Å². The standard InChI is InChI=1S/C19H23N5O4/c1-21-17(20)16(18(27)22(2)19(21)28)14(25)10-23-7-11-6-12(9-23)13-4-3-5-15(26)24(13)8-11/h3-5,11-12H,6-10,20H2,1-2H3/t11-,12+/m1/s1. The topological polar surface area (TPSA) is 112 Å². The van der Waals surface area contributed by atoms with Crippen molar-refractivity contribution >= 4 is 11.6 Å². The second-order valence-corrected chi connectivity index (χ2v) is 7.78. The number of nitrogens with zero attached hydrogens (tertiary/aromatic N) is 4. The van der Waals surface area contributed by atoms with Gasteiger partial charge in [0, 0.05) is 51.4 Å². The number of nitrogens with two attached hydrogens (primary N) is 1. The van der Waals surface area contributed by atoms with E-state index in [4.69, 9.17) is 5.73 Å². The molecule has 0 aliphatic carbocycles. The van der Waals surface area contributed by atoms with Crippen LogP contribution in [0.4, 0.5) is 5.82 Å². The summed E-state index contributed by atoms with van der Waals surface area (Å²) in [6, 6.07) is 5.31. The molecular weight excluding hydrogens is 362 g/mol. The van der Waals surface area contributed by atoms with Gasteiger partial charge in [-0.3, -0.25) is 28.4 Å². The summed E-state index contributed by atoms with van der Waals surface area (Å²) in [5, 5.41) is 0. The van der Waals surface area contributed by atoms with Crippen LogP contribution in [0.3, 0.4) is 0 Å². The van der Waals surface area contributed by atoms with Crippen molar-refractivity contribution < 1.29 is 4.79 Å². The van der Waals surface area contributed by atoms with Crippen LogP contribution in [0.1, 0.15) is 28.4 Å². The normalized spacial score (nSPS) is 21.4. The molecule has 2 aliphatic rings. The molecule has 2 aromatic rings. The van der Waals surface area contributed by atoms with E-state index in [1.54, 1.807) is 12.1 Å². The number of ketones is 1. The third-order valence-corrected chi connectivity index (χ3v) is 5.91. The molecule has 9 nitrogen and oxygen atoms in total. The fourth-order valence-electron chi connectivity index (χ4n) is 4.53. The first-order valence-corrected chi connectivity index (χ1v) is 9.28. The van der Waals surface area contributed by atoms with Crippen LogP contribution in [0.15, 0.2) is 32.6 Å². The zero-order chi connectivity index (χ0) is 20.2. The molecule has 2 aliphatic heterocycles. The van der Waals surface area contributed by atoms with E-state index in [1.807, 2.05) is 15.5 Å². The molecule has 2 aromatic heterocycles. The molecule has 0 radical (unpaired) electrons. The van der Waals surface area contributed by atoms with Gasteiger partial charge in [0.05, 0.1) is 6.54 Å². The number of piperidine rings is 1. The number of pyridine rings is 1. The van der Waals surface area contributed by atoms with Crippen LogP contribution in [0, 0.1) is 5.92 Å². The van der Waals surface area contributed by atoms with Crippen molar-refractivity contribution in [3.05, 3.63) is 60.6 Å². The minimum atomic E-state index is -0.667. The lowest BCUT2D eigenvalue weighted by atomic mass is 9.83. The summed E-state index contributed by atoms with van der Waals surface area (Å²) in [5.41, 5.74) is 5.54. The largest absolute Gasteiger partial charge is 0.384 e. The van der Waals surface area contributed by atoms with Crippen LogP contribution in [0.25, 0.3) is 0 Å². The Morgan fingerprint density at radius 1 is 1.11 bits per heavy atom. The quantitative estimate of drug-likeness (QED) is 0.688. The zero-order valence-corrected chi connectivity index (χ0v) is 15.9. The van der Waals surface area contributed by atoms with Crippen molar-refractivity contribution in [2.45, 2.75) is 18.9 Å². The van der Waals surface area contributed by atoms with Crippen molar-refractivity contribution in [1.29, 1.82) is 0 Å². The number of aromatic nitrogens is 3. The predicted molar refractivity (Wildman–Crippen MR) is 104 cm³/mol. The first-order chi connectivity index (χ1) is 13.3. The van der Waals surface area contributed by atoms with Crippen LogP contribution in [-0.4, -0.2) is 44.0 Å². The summed E-state index contributed by atoms with van der Waals surface area (Å²) in [6.07, 6.45) is 0.984. The molecule has 0 unspecified atom stereocenters. The van der Waals surface area contributed by atoms with E-state index >= 15 is 0 Å². The van der Waals surface area contributed by atoms with Gasteiger partial charge in [-0.2, -0.15) is 0 Å². The molecule has 0 aromatic carbocycles. The molecule has 0 amide bonds. The number of hydrogen-bond donors (Lipinski definition) is 1. The van der Waals surface area contributed by atoms with E-state index < -0.39 is 11.2 Å². The van der Waals surface area contributed by atoms with Gasteiger partial charge in [-0.15, -0.1) is 0 Å². The molecule has 148 valence electrons. The van der Waals surface area contributed by atoms with Gasteiger partial charge in [0.2, 0.25) is 0 Å². The van der Waals surface area contributed by atoms with Crippen LogP contribution in [0.5, 0.6) is 0 Å². The maximum Gasteiger partial charge on any atom is 0.332 e. The molecule has 1 fully saturated rings. The Morgan fingerprint density at radius 2 is 1.86 bits per heavy atom. The number of likely N-dealkylation sites (tertiary alicyclic amines) is 1. The van der Waals surface area contributed by atoms with Gasteiger partial charge in [-0.25, -0.2) is 4.79 Å². The Hall–Kier alpha value is -2.94. The van der Waals surface area contributed by atoms with Gasteiger partial charge in [-0.1, -0.05) is 6.07 Å². The fraction of sp³-hybridized carbons (Fsp3) is 0.474. The van der Waals surface area contributed by atoms with E-state index in [0.717, 1.165) is 21.2 Å². The monoisotopic (exact) mass is 385 g/mol. The Balaban J connectivity index is 1.61. The highest BCUT2D eigenvalue weighted by atomic mass is 16.2. The van der Waals surface area contributed by atoms with Gasteiger partial charge in [0.25, 0.3) is 11.1 Å². The molecule has 0 saturated carbocycles. The molecule has 4 heterocycles. The van der Waals surface area contributed by atoms with Gasteiger partial charge in [0.15, 0.2) is 5.78 Å². The summed E-state index contributed by atoms with van der Waals surface area (Å²) in [7, 11) is 2.77. The maximum absolute atomic E-state index is 12.9. The molecule has 2 N–H and O–H groups in total. The van der Waals surface area contributed by atoms with Crippen molar-refractivity contribution in [2.24, 2.45) is 20.0 Å². The average molecular weight is 385 g/mol. The molecule has 2 bridgehead atoms. The van der Waals surface area contributed by atoms with Gasteiger partial charge in [0.1, 0.15) is 11.4 Å². The highest BCUT2D eigenvalue weighted by Crippen LogP contribution is 2.34. The highest BCUT2D eigenvalue weighted by molar-refractivity contribution is 6.01. The minimum Gasteiger partial charge on any atom is -0.384 e. The van der Waals surface area contributed by atoms with Crippen LogP contribution in [-0.2, 0) is 20.6 Å². The minimum absolute atomic E-state index is 0.0122. The lowest BCUT2D eigenvalue weighted by Gasteiger charge is -2.42. The fourth-order valence-corrected chi connectivity index (χ4v) is 4.53. The maximum atomic E-state index is 12.9. The van der Waals surface area contributed by atoms with Crippen LogP contribution >= 0.6 is 0 Å². The number of hydrogen-bond acceptors (Lipinski definition) is 6. The number of rotatable bonds is 3. The second kappa shape index (κ2) is 6.59. The van der Waals surface area contributed by atoms with Crippen molar-refractivity contribution in [1.82, 2.24) is 18.6 Å². The zero-order valence-electron chi connectivity index (χ0n) is 15.9. The first kappa shape index (κ1) is 18.4. The summed E-state index contributed by atoms with van der Waals surface area (Å²) < 4.78 is 3.85. The van der Waals surface area contributed by atoms with Gasteiger partial charge in [-0.05, 0) is 18.4 Å². The third kappa shape index (κ3) is 2.82. The molecule has 2 atom stereocenters. The van der Waals surface area contributed by atoms with E-state index in [0.29, 0.717) is 19.6 Å². The Bertz CT molecular complexity index is 1140. The molecule has 4 rings (SSSR count). The SMILES string of the molecule is Cn1c(N)c(C(=O)CN2C[C@H]3C[C@@H](C2)c2cccc(=O)n2C3)c(=O)n(C)c1=O. The number of fused-ring (bicyclic) bond motifs is 4. The number of Topliss-reactive ketones (excluding diaryl/α,β-unsaturated/α-hetero) is 1. The highest BCUT2D eigenvalue weighted by Gasteiger charge is 2.35. The summed E-state index contributed by atoms with van der Waals surface area (Å²) in [5.74, 6) is -0.0414. The number of carbonyl (C=O) groups excluding carboxylic acids is 1. The van der Waals surface area contributed by atoms with Gasteiger partial charge >= 0.3 is 5.69 Å². The number of anilines is 1. The third-order valence-electron chi connectivity index (χ3n) is 5.91. The Morgan fingerprint density at radius 3 is 2.61 bits per heavy atom. The Kier molecular flexibility index (Phi) is 4.34. The average Bonchev–Trinajstić information content (AvgIpc) is 2.66. The lowest BCUT2D eigenvalue weighted by molar-refractivity contribution is 0.0816. The number of nitrogen functional groups attached to an aromatic ring is 1. The van der Waals surface area contributed by atoms with Crippen LogP contribution < -0.4 is 22.5 Å². The molecule has 28 heavy (non-hydrogen) atoms. The molecular formula is C19H23N5O4. The molecule has 0 spiro atoms. The van der Waals surface area contributed by atoms with Crippen molar-refractivity contribution in [3.8, 4) is 0 Å². The first-order valence-electron chi connectivity index (χ1n) is 9.28. The summed E-state index contributed by atoms with van der Waals surface area (Å²) in [4.78, 5) is 51.4. The Labute approximate surface area is 160 Å². The van der Waals surface area contributed by atoms with Crippen molar-refractivity contribution in [2.75, 3.05) is 25.4 Å². The van der Waals surface area contributed by atoms with E-state index in [9.17, 15) is 19.2 Å². The van der Waals surface area contributed by atoms with Gasteiger partial charge < -0.3 is 10.3 Å². The van der Waals surface area contributed by atoms with E-state index in [-0.39, 0.29) is 41.1 Å². The van der Waals surface area contributed by atoms with Crippen molar-refractivity contribution in [3.63, 3.8) is 0 Å². The summed E-state index contributed by atoms with van der Waals surface area (Å²) in [6.45, 7) is 2.01. The lowest BCUT2D eigenvalue weighted by Crippen LogP contribution is -2.49. The molecule has 9 heteroatoms. The predicted octanol–water partition coefficient (Wildman–Crippen LogP) is -0.870. The second-order valence-electron chi connectivity index (χ2n) is 7.78. The smallest absolute Gasteiger partial charge is 0.332 e. The van der Waals surface area contributed by atoms with E-state index in [2.05, 4.69) is 0 Å².